The van der Waals surface area contributed by atoms with Gasteiger partial charge in [-0.05, 0) is 43.2 Å². The van der Waals surface area contributed by atoms with E-state index in [0.717, 1.165) is 17.7 Å². The van der Waals surface area contributed by atoms with E-state index in [1.165, 1.54) is 12.1 Å². The van der Waals surface area contributed by atoms with Gasteiger partial charge in [0.05, 0.1) is 6.54 Å². The first-order valence-corrected chi connectivity index (χ1v) is 8.75. The first-order valence-electron chi connectivity index (χ1n) is 8.31. The van der Waals surface area contributed by atoms with Crippen molar-refractivity contribution in [2.75, 3.05) is 20.3 Å². The molecule has 6 heteroatoms. The average Bonchev–Trinajstić information content (AvgIpc) is 3.00. The predicted octanol–water partition coefficient (Wildman–Crippen LogP) is 3.67. The Hall–Kier alpha value is -1.85. The fourth-order valence-corrected chi connectivity index (χ4v) is 2.83. The van der Waals surface area contributed by atoms with E-state index in [2.05, 4.69) is 0 Å². The standard InChI is InChI=1S/C19H24ClFN2O2/c1-15(20)19(24)23(10-5-11-25-2)14-18-8-4-9-22(18)13-16-6-3-7-17(21)12-16/h3-4,6-9,12,15H,5,10-11,13-14H2,1-2H3/t15-/m0/s1. The second kappa shape index (κ2) is 9.59. The van der Waals surface area contributed by atoms with E-state index < -0.39 is 5.38 Å². The van der Waals surface area contributed by atoms with E-state index >= 15 is 0 Å². The normalized spacial score (nSPS) is 12.2. The highest BCUT2D eigenvalue weighted by molar-refractivity contribution is 6.30. The number of nitrogens with zero attached hydrogens (tertiary/aromatic N) is 2. The molecule has 2 aromatic rings. The smallest absolute Gasteiger partial charge is 0.240 e. The molecule has 0 spiro atoms. The molecular weight excluding hydrogens is 343 g/mol. The summed E-state index contributed by atoms with van der Waals surface area (Å²) in [6, 6.07) is 10.4. The van der Waals surface area contributed by atoms with Crippen molar-refractivity contribution < 1.29 is 13.9 Å². The summed E-state index contributed by atoms with van der Waals surface area (Å²) in [5.74, 6) is -0.352. The molecule has 0 N–H and O–H groups in total. The lowest BCUT2D eigenvalue weighted by Crippen LogP contribution is -2.37. The average molecular weight is 367 g/mol. The molecule has 0 bridgehead atoms. The first-order chi connectivity index (χ1) is 12.0. The summed E-state index contributed by atoms with van der Waals surface area (Å²) < 4.78 is 20.5. The fourth-order valence-electron chi connectivity index (χ4n) is 2.69. The topological polar surface area (TPSA) is 34.5 Å². The van der Waals surface area contributed by atoms with Gasteiger partial charge >= 0.3 is 0 Å². The number of methoxy groups -OCH3 is 1. The number of carbonyl (C=O) groups excluding carboxylic acids is 1. The molecule has 4 nitrogen and oxygen atoms in total. The summed E-state index contributed by atoms with van der Waals surface area (Å²) in [7, 11) is 1.64. The van der Waals surface area contributed by atoms with Gasteiger partial charge in [-0.1, -0.05) is 12.1 Å². The minimum atomic E-state index is -0.575. The van der Waals surface area contributed by atoms with E-state index in [1.54, 1.807) is 25.0 Å². The Morgan fingerprint density at radius 3 is 2.84 bits per heavy atom. The maximum atomic E-state index is 13.4. The highest BCUT2D eigenvalue weighted by Gasteiger charge is 2.19. The molecule has 1 amide bonds. The van der Waals surface area contributed by atoms with Crippen LogP contribution in [-0.2, 0) is 22.6 Å². The molecule has 136 valence electrons. The number of aromatic nitrogens is 1. The van der Waals surface area contributed by atoms with Crippen molar-refractivity contribution in [3.05, 3.63) is 59.7 Å². The molecular formula is C19H24ClFN2O2. The van der Waals surface area contributed by atoms with Gasteiger partial charge in [-0.25, -0.2) is 4.39 Å². The highest BCUT2D eigenvalue weighted by Crippen LogP contribution is 2.14. The molecule has 0 aliphatic carbocycles. The largest absolute Gasteiger partial charge is 0.385 e. The minimum absolute atomic E-state index is 0.101. The van der Waals surface area contributed by atoms with E-state index in [0.29, 0.717) is 26.2 Å². The van der Waals surface area contributed by atoms with Crippen LogP contribution in [0, 0.1) is 5.82 Å². The van der Waals surface area contributed by atoms with Gasteiger partial charge in [0.2, 0.25) is 5.91 Å². The van der Waals surface area contributed by atoms with Gasteiger partial charge in [0.15, 0.2) is 0 Å². The summed E-state index contributed by atoms with van der Waals surface area (Å²) in [6.07, 6.45) is 2.68. The Morgan fingerprint density at radius 1 is 1.36 bits per heavy atom. The van der Waals surface area contributed by atoms with Crippen LogP contribution in [0.3, 0.4) is 0 Å². The number of amides is 1. The van der Waals surface area contributed by atoms with Crippen LogP contribution in [0.5, 0.6) is 0 Å². The number of halogens is 2. The van der Waals surface area contributed by atoms with E-state index in [4.69, 9.17) is 16.3 Å². The Kier molecular flexibility index (Phi) is 7.47. The van der Waals surface area contributed by atoms with Crippen molar-refractivity contribution in [3.63, 3.8) is 0 Å². The van der Waals surface area contributed by atoms with E-state index in [1.807, 2.05) is 29.0 Å². The van der Waals surface area contributed by atoms with Gasteiger partial charge < -0.3 is 14.2 Å². The van der Waals surface area contributed by atoms with Crippen molar-refractivity contribution in [2.45, 2.75) is 31.8 Å². The van der Waals surface area contributed by atoms with E-state index in [-0.39, 0.29) is 11.7 Å². The van der Waals surface area contributed by atoms with Crippen LogP contribution >= 0.6 is 11.6 Å². The molecule has 1 aromatic heterocycles. The molecule has 0 saturated heterocycles. The zero-order chi connectivity index (χ0) is 18.2. The minimum Gasteiger partial charge on any atom is -0.385 e. The number of ether oxygens (including phenoxy) is 1. The third-order valence-electron chi connectivity index (χ3n) is 3.95. The summed E-state index contributed by atoms with van der Waals surface area (Å²) in [4.78, 5) is 14.1. The van der Waals surface area contributed by atoms with Crippen molar-refractivity contribution in [1.82, 2.24) is 9.47 Å². The van der Waals surface area contributed by atoms with Gasteiger partial charge in [-0.2, -0.15) is 0 Å². The SMILES string of the molecule is COCCCN(Cc1cccn1Cc1cccc(F)c1)C(=O)[C@H](C)Cl. The molecule has 0 unspecified atom stereocenters. The van der Waals surface area contributed by atoms with Crippen molar-refractivity contribution in [1.29, 1.82) is 0 Å². The van der Waals surface area contributed by atoms with Crippen LogP contribution in [-0.4, -0.2) is 41.0 Å². The zero-order valence-electron chi connectivity index (χ0n) is 14.6. The summed E-state index contributed by atoms with van der Waals surface area (Å²) in [6.45, 7) is 3.86. The lowest BCUT2D eigenvalue weighted by atomic mass is 10.2. The maximum Gasteiger partial charge on any atom is 0.240 e. The molecule has 1 heterocycles. The van der Waals surface area contributed by atoms with Crippen LogP contribution in [0.1, 0.15) is 24.6 Å². The van der Waals surface area contributed by atoms with E-state index in [9.17, 15) is 9.18 Å². The molecule has 2 rings (SSSR count). The Balaban J connectivity index is 2.11. The van der Waals surface area contributed by atoms with Crippen LogP contribution in [0.15, 0.2) is 42.6 Å². The van der Waals surface area contributed by atoms with Crippen LogP contribution in [0.2, 0.25) is 0 Å². The lowest BCUT2D eigenvalue weighted by molar-refractivity contribution is -0.131. The zero-order valence-corrected chi connectivity index (χ0v) is 15.4. The molecule has 25 heavy (non-hydrogen) atoms. The Bertz CT molecular complexity index is 688. The second-order valence-electron chi connectivity index (χ2n) is 5.98. The Morgan fingerprint density at radius 2 is 2.16 bits per heavy atom. The number of hydrogen-bond donors (Lipinski definition) is 0. The number of benzene rings is 1. The summed E-state index contributed by atoms with van der Waals surface area (Å²) in [5.41, 5.74) is 1.85. The maximum absolute atomic E-state index is 13.4. The third-order valence-corrected chi connectivity index (χ3v) is 4.13. The molecule has 0 aliphatic rings. The van der Waals surface area contributed by atoms with Gasteiger partial charge in [0, 0.05) is 38.7 Å². The second-order valence-corrected chi connectivity index (χ2v) is 6.63. The third kappa shape index (κ3) is 5.87. The van der Waals surface area contributed by atoms with Crippen molar-refractivity contribution >= 4 is 17.5 Å². The lowest BCUT2D eigenvalue weighted by Gasteiger charge is -2.24. The number of hydrogen-bond acceptors (Lipinski definition) is 2. The van der Waals surface area contributed by atoms with Gasteiger partial charge in [0.1, 0.15) is 11.2 Å². The molecule has 1 atom stereocenters. The number of alkyl halides is 1. The van der Waals surface area contributed by atoms with Gasteiger partial charge in [0.25, 0.3) is 0 Å². The van der Waals surface area contributed by atoms with Crippen molar-refractivity contribution in [3.8, 4) is 0 Å². The van der Waals surface area contributed by atoms with Crippen LogP contribution in [0.4, 0.5) is 4.39 Å². The van der Waals surface area contributed by atoms with Crippen molar-refractivity contribution in [2.24, 2.45) is 0 Å². The van der Waals surface area contributed by atoms with Crippen LogP contribution in [0.25, 0.3) is 0 Å². The number of rotatable bonds is 9. The molecule has 1 aromatic carbocycles. The molecule has 0 radical (unpaired) electrons. The predicted molar refractivity (Wildman–Crippen MR) is 97.2 cm³/mol. The molecule has 0 saturated carbocycles. The number of carbonyl (C=O) groups is 1. The monoisotopic (exact) mass is 366 g/mol. The highest BCUT2D eigenvalue weighted by atomic mass is 35.5. The van der Waals surface area contributed by atoms with Gasteiger partial charge in [-0.3, -0.25) is 4.79 Å². The Labute approximate surface area is 153 Å². The van der Waals surface area contributed by atoms with Gasteiger partial charge in [-0.15, -0.1) is 11.6 Å². The van der Waals surface area contributed by atoms with Crippen LogP contribution < -0.4 is 0 Å². The molecule has 0 aliphatic heterocycles. The first kappa shape index (κ1) is 19.5. The summed E-state index contributed by atoms with van der Waals surface area (Å²) in [5, 5.41) is -0.575. The fraction of sp³-hybridized carbons (Fsp3) is 0.421. The molecule has 0 fully saturated rings. The summed E-state index contributed by atoms with van der Waals surface area (Å²) >= 11 is 5.99. The quantitative estimate of drug-likeness (QED) is 0.501.